The second-order valence-corrected chi connectivity index (χ2v) is 3.50. The van der Waals surface area contributed by atoms with Gasteiger partial charge in [-0.15, -0.1) is 0 Å². The monoisotopic (exact) mass is 163 g/mol. The Hall–Kier alpha value is -1.05. The summed E-state index contributed by atoms with van der Waals surface area (Å²) in [7, 11) is 0. The van der Waals surface area contributed by atoms with E-state index in [-0.39, 0.29) is 0 Å². The Kier molecular flexibility index (Phi) is 1.98. The van der Waals surface area contributed by atoms with Gasteiger partial charge in [0.15, 0.2) is 6.29 Å². The third-order valence-electron chi connectivity index (χ3n) is 2.67. The fraction of sp³-hybridized carbons (Fsp3) is 0.500. The zero-order valence-electron chi connectivity index (χ0n) is 7.07. The SMILES string of the molecule is O=Cc1cccn1CC1CCC1. The summed E-state index contributed by atoms with van der Waals surface area (Å²) in [6, 6.07) is 3.80. The minimum absolute atomic E-state index is 0.807. The van der Waals surface area contributed by atoms with Crippen molar-refractivity contribution >= 4 is 6.29 Å². The number of rotatable bonds is 3. The van der Waals surface area contributed by atoms with Gasteiger partial charge in [0, 0.05) is 12.7 Å². The Morgan fingerprint density at radius 1 is 1.58 bits per heavy atom. The molecule has 0 radical (unpaired) electrons. The highest BCUT2D eigenvalue weighted by atomic mass is 16.1. The van der Waals surface area contributed by atoms with E-state index in [0.29, 0.717) is 0 Å². The van der Waals surface area contributed by atoms with Crippen molar-refractivity contribution in [3.63, 3.8) is 0 Å². The molecule has 12 heavy (non-hydrogen) atoms. The molecule has 0 aromatic carbocycles. The van der Waals surface area contributed by atoms with Crippen LogP contribution in [0.2, 0.25) is 0 Å². The average Bonchev–Trinajstić information content (AvgIpc) is 2.43. The third-order valence-corrected chi connectivity index (χ3v) is 2.67. The van der Waals surface area contributed by atoms with Gasteiger partial charge in [0.05, 0.1) is 5.69 Å². The molecule has 1 aromatic heterocycles. The first kappa shape index (κ1) is 7.59. The average molecular weight is 163 g/mol. The predicted octanol–water partition coefficient (Wildman–Crippen LogP) is 2.10. The summed E-state index contributed by atoms with van der Waals surface area (Å²) in [6.45, 7) is 1.03. The maximum absolute atomic E-state index is 10.6. The maximum atomic E-state index is 10.6. The van der Waals surface area contributed by atoms with E-state index in [4.69, 9.17) is 0 Å². The number of carbonyl (C=O) groups excluding carboxylic acids is 1. The molecule has 0 bridgehead atoms. The van der Waals surface area contributed by atoms with Crippen LogP contribution >= 0.6 is 0 Å². The first-order valence-electron chi connectivity index (χ1n) is 4.50. The van der Waals surface area contributed by atoms with Crippen molar-refractivity contribution in [3.8, 4) is 0 Å². The van der Waals surface area contributed by atoms with Crippen LogP contribution in [0.25, 0.3) is 0 Å². The number of nitrogens with zero attached hydrogens (tertiary/aromatic N) is 1. The molecule has 0 spiro atoms. The van der Waals surface area contributed by atoms with Gasteiger partial charge in [0.1, 0.15) is 0 Å². The maximum Gasteiger partial charge on any atom is 0.166 e. The summed E-state index contributed by atoms with van der Waals surface area (Å²) in [6.07, 6.45) is 6.94. The van der Waals surface area contributed by atoms with Crippen LogP contribution in [-0.4, -0.2) is 10.9 Å². The van der Waals surface area contributed by atoms with E-state index >= 15 is 0 Å². The van der Waals surface area contributed by atoms with Crippen molar-refractivity contribution in [1.82, 2.24) is 4.57 Å². The molecule has 0 unspecified atom stereocenters. The molecule has 1 heterocycles. The molecule has 0 aliphatic heterocycles. The highest BCUT2D eigenvalue weighted by Gasteiger charge is 2.18. The lowest BCUT2D eigenvalue weighted by molar-refractivity contribution is 0.111. The Balaban J connectivity index is 2.05. The normalized spacial score (nSPS) is 17.3. The van der Waals surface area contributed by atoms with Gasteiger partial charge in [-0.1, -0.05) is 6.42 Å². The van der Waals surface area contributed by atoms with E-state index < -0.39 is 0 Å². The van der Waals surface area contributed by atoms with Gasteiger partial charge >= 0.3 is 0 Å². The van der Waals surface area contributed by atoms with Crippen molar-refractivity contribution in [2.75, 3.05) is 0 Å². The largest absolute Gasteiger partial charge is 0.345 e. The minimum atomic E-state index is 0.807. The van der Waals surface area contributed by atoms with Crippen molar-refractivity contribution < 1.29 is 4.79 Å². The van der Waals surface area contributed by atoms with E-state index in [0.717, 1.165) is 24.4 Å². The van der Waals surface area contributed by atoms with E-state index in [1.165, 1.54) is 19.3 Å². The van der Waals surface area contributed by atoms with E-state index in [1.54, 1.807) is 0 Å². The van der Waals surface area contributed by atoms with Gasteiger partial charge in [-0.05, 0) is 30.9 Å². The summed E-state index contributed by atoms with van der Waals surface area (Å²) in [5, 5.41) is 0. The fourth-order valence-electron chi connectivity index (χ4n) is 1.65. The zero-order chi connectivity index (χ0) is 8.39. The van der Waals surface area contributed by atoms with Crippen molar-refractivity contribution in [1.29, 1.82) is 0 Å². The first-order valence-corrected chi connectivity index (χ1v) is 4.50. The molecule has 0 N–H and O–H groups in total. The van der Waals surface area contributed by atoms with E-state index in [9.17, 15) is 4.79 Å². The summed E-state index contributed by atoms with van der Waals surface area (Å²) in [5.74, 6) is 0.816. The lowest BCUT2D eigenvalue weighted by Gasteiger charge is -2.26. The van der Waals surface area contributed by atoms with Gasteiger partial charge < -0.3 is 4.57 Å². The number of hydrogen-bond acceptors (Lipinski definition) is 1. The third kappa shape index (κ3) is 1.29. The molecule has 1 saturated carbocycles. The molecule has 0 atom stereocenters. The lowest BCUT2D eigenvalue weighted by atomic mass is 9.85. The summed E-state index contributed by atoms with van der Waals surface area (Å²) >= 11 is 0. The molecular weight excluding hydrogens is 150 g/mol. The second-order valence-electron chi connectivity index (χ2n) is 3.50. The van der Waals surface area contributed by atoms with Gasteiger partial charge in [0.25, 0.3) is 0 Å². The van der Waals surface area contributed by atoms with Crippen LogP contribution in [0.4, 0.5) is 0 Å². The smallest absolute Gasteiger partial charge is 0.166 e. The molecule has 1 aromatic rings. The molecule has 2 heteroatoms. The van der Waals surface area contributed by atoms with Crippen LogP contribution < -0.4 is 0 Å². The lowest BCUT2D eigenvalue weighted by Crippen LogP contribution is -2.18. The van der Waals surface area contributed by atoms with Crippen molar-refractivity contribution in [2.24, 2.45) is 5.92 Å². The Morgan fingerprint density at radius 2 is 2.42 bits per heavy atom. The topological polar surface area (TPSA) is 22.0 Å². The van der Waals surface area contributed by atoms with Gasteiger partial charge in [-0.3, -0.25) is 4.79 Å². The highest BCUT2D eigenvalue weighted by Crippen LogP contribution is 2.28. The van der Waals surface area contributed by atoms with Crippen LogP contribution in [0.5, 0.6) is 0 Å². The Morgan fingerprint density at radius 3 is 3.00 bits per heavy atom. The number of hydrogen-bond donors (Lipinski definition) is 0. The molecule has 1 aliphatic rings. The molecule has 1 aliphatic carbocycles. The number of carbonyl (C=O) groups is 1. The summed E-state index contributed by atoms with van der Waals surface area (Å²) < 4.78 is 2.05. The fourth-order valence-corrected chi connectivity index (χ4v) is 1.65. The predicted molar refractivity (Wildman–Crippen MR) is 47.2 cm³/mol. The Bertz CT molecular complexity index is 273. The van der Waals surface area contributed by atoms with Crippen LogP contribution in [0.15, 0.2) is 18.3 Å². The van der Waals surface area contributed by atoms with Gasteiger partial charge in [-0.25, -0.2) is 0 Å². The van der Waals surface area contributed by atoms with Crippen LogP contribution in [0.3, 0.4) is 0 Å². The second kappa shape index (κ2) is 3.13. The van der Waals surface area contributed by atoms with Crippen molar-refractivity contribution in [3.05, 3.63) is 24.0 Å². The Labute approximate surface area is 72.2 Å². The summed E-state index contributed by atoms with van der Waals surface area (Å²) in [5.41, 5.74) is 0.807. The minimum Gasteiger partial charge on any atom is -0.345 e. The first-order chi connectivity index (χ1) is 5.90. The molecule has 2 nitrogen and oxygen atoms in total. The zero-order valence-corrected chi connectivity index (χ0v) is 7.07. The van der Waals surface area contributed by atoms with Crippen molar-refractivity contribution in [2.45, 2.75) is 25.8 Å². The molecule has 0 saturated heterocycles. The van der Waals surface area contributed by atoms with Crippen LogP contribution in [0, 0.1) is 5.92 Å². The number of aldehydes is 1. The van der Waals surface area contributed by atoms with Crippen LogP contribution in [0.1, 0.15) is 29.8 Å². The molecule has 1 fully saturated rings. The standard InChI is InChI=1S/C10H13NO/c12-8-10-5-2-6-11(10)7-9-3-1-4-9/h2,5-6,8-9H,1,3-4,7H2. The highest BCUT2D eigenvalue weighted by molar-refractivity contribution is 5.72. The molecule has 2 rings (SSSR count). The summed E-state index contributed by atoms with van der Waals surface area (Å²) in [4.78, 5) is 10.6. The quantitative estimate of drug-likeness (QED) is 0.625. The molecule has 0 amide bonds. The van der Waals surface area contributed by atoms with Crippen LogP contribution in [-0.2, 0) is 6.54 Å². The van der Waals surface area contributed by atoms with E-state index in [2.05, 4.69) is 4.57 Å². The number of aromatic nitrogens is 1. The molecule has 64 valence electrons. The van der Waals surface area contributed by atoms with Gasteiger partial charge in [0.2, 0.25) is 0 Å². The molecular formula is C10H13NO. The van der Waals surface area contributed by atoms with E-state index in [1.807, 2.05) is 18.3 Å². The van der Waals surface area contributed by atoms with Gasteiger partial charge in [-0.2, -0.15) is 0 Å².